The number of aryl methyl sites for hydroxylation is 2. The van der Waals surface area contributed by atoms with E-state index < -0.39 is 0 Å². The number of nitrogen functional groups attached to an aromatic ring is 1. The highest BCUT2D eigenvalue weighted by molar-refractivity contribution is 5.50. The second-order valence-electron chi connectivity index (χ2n) is 4.40. The van der Waals surface area contributed by atoms with Crippen LogP contribution in [-0.4, -0.2) is 7.11 Å². The molecular formula is C16H19NO. The molecule has 0 aromatic heterocycles. The molecular weight excluding hydrogens is 222 g/mol. The molecule has 18 heavy (non-hydrogen) atoms. The quantitative estimate of drug-likeness (QED) is 0.814. The Balaban J connectivity index is 1.94. The third-order valence-electron chi connectivity index (χ3n) is 3.10. The Morgan fingerprint density at radius 1 is 1.00 bits per heavy atom. The molecule has 0 aliphatic carbocycles. The molecule has 2 aromatic carbocycles. The minimum Gasteiger partial charge on any atom is -0.497 e. The van der Waals surface area contributed by atoms with Gasteiger partial charge in [-0.15, -0.1) is 0 Å². The highest BCUT2D eigenvalue weighted by atomic mass is 16.5. The third-order valence-corrected chi connectivity index (χ3v) is 3.10. The highest BCUT2D eigenvalue weighted by Crippen LogP contribution is 2.21. The minimum absolute atomic E-state index is 0.851. The van der Waals surface area contributed by atoms with E-state index in [1.165, 1.54) is 11.1 Å². The zero-order valence-corrected chi connectivity index (χ0v) is 10.7. The van der Waals surface area contributed by atoms with Gasteiger partial charge in [-0.1, -0.05) is 30.3 Å². The molecule has 94 valence electrons. The van der Waals surface area contributed by atoms with E-state index in [9.17, 15) is 0 Å². The van der Waals surface area contributed by atoms with Crippen molar-refractivity contribution in [2.24, 2.45) is 0 Å². The summed E-state index contributed by atoms with van der Waals surface area (Å²) in [6.07, 6.45) is 3.16. The van der Waals surface area contributed by atoms with Gasteiger partial charge in [0.15, 0.2) is 0 Å². The van der Waals surface area contributed by atoms with Crippen LogP contribution in [0.3, 0.4) is 0 Å². The van der Waals surface area contributed by atoms with Crippen molar-refractivity contribution in [2.75, 3.05) is 12.8 Å². The lowest BCUT2D eigenvalue weighted by Gasteiger charge is -2.08. The topological polar surface area (TPSA) is 35.2 Å². The number of ether oxygens (including phenoxy) is 1. The van der Waals surface area contributed by atoms with E-state index in [0.29, 0.717) is 0 Å². The molecule has 0 fully saturated rings. The van der Waals surface area contributed by atoms with Gasteiger partial charge in [-0.3, -0.25) is 0 Å². The van der Waals surface area contributed by atoms with Crippen molar-refractivity contribution in [1.29, 1.82) is 0 Å². The number of methoxy groups -OCH3 is 1. The summed E-state index contributed by atoms with van der Waals surface area (Å²) >= 11 is 0. The zero-order valence-electron chi connectivity index (χ0n) is 10.7. The summed E-state index contributed by atoms with van der Waals surface area (Å²) in [6.45, 7) is 0. The third kappa shape index (κ3) is 3.27. The Hall–Kier alpha value is -1.96. The van der Waals surface area contributed by atoms with Gasteiger partial charge < -0.3 is 10.5 Å². The monoisotopic (exact) mass is 241 g/mol. The Morgan fingerprint density at radius 2 is 1.78 bits per heavy atom. The summed E-state index contributed by atoms with van der Waals surface area (Å²) in [5.41, 5.74) is 9.36. The van der Waals surface area contributed by atoms with Gasteiger partial charge in [0.05, 0.1) is 7.11 Å². The van der Waals surface area contributed by atoms with Crippen LogP contribution in [0.4, 0.5) is 5.69 Å². The van der Waals surface area contributed by atoms with Crippen LogP contribution >= 0.6 is 0 Å². The van der Waals surface area contributed by atoms with Gasteiger partial charge in [0.25, 0.3) is 0 Å². The molecule has 0 amide bonds. The molecule has 2 N–H and O–H groups in total. The van der Waals surface area contributed by atoms with Crippen LogP contribution in [-0.2, 0) is 12.8 Å². The van der Waals surface area contributed by atoms with E-state index in [4.69, 9.17) is 10.5 Å². The van der Waals surface area contributed by atoms with Crippen molar-refractivity contribution in [1.82, 2.24) is 0 Å². The van der Waals surface area contributed by atoms with Gasteiger partial charge in [-0.25, -0.2) is 0 Å². The van der Waals surface area contributed by atoms with Crippen LogP contribution < -0.4 is 10.5 Å². The first-order chi connectivity index (χ1) is 8.79. The Kier molecular flexibility index (Phi) is 4.24. The van der Waals surface area contributed by atoms with E-state index in [2.05, 4.69) is 24.3 Å². The maximum atomic E-state index is 5.97. The second kappa shape index (κ2) is 6.10. The highest BCUT2D eigenvalue weighted by Gasteiger charge is 2.02. The van der Waals surface area contributed by atoms with Crippen molar-refractivity contribution in [3.05, 3.63) is 59.7 Å². The van der Waals surface area contributed by atoms with Gasteiger partial charge >= 0.3 is 0 Å². The number of benzene rings is 2. The molecule has 0 bridgehead atoms. The predicted molar refractivity (Wildman–Crippen MR) is 75.9 cm³/mol. The van der Waals surface area contributed by atoms with E-state index in [-0.39, 0.29) is 0 Å². The fourth-order valence-corrected chi connectivity index (χ4v) is 2.05. The molecule has 0 aliphatic heterocycles. The molecule has 0 radical (unpaired) electrons. The first kappa shape index (κ1) is 12.5. The van der Waals surface area contributed by atoms with Crippen LogP contribution in [0.15, 0.2) is 48.5 Å². The number of rotatable bonds is 5. The first-order valence-corrected chi connectivity index (χ1v) is 6.26. The lowest BCUT2D eigenvalue weighted by Crippen LogP contribution is -1.97. The van der Waals surface area contributed by atoms with Gasteiger partial charge in [0.2, 0.25) is 0 Å². The normalized spacial score (nSPS) is 10.3. The van der Waals surface area contributed by atoms with Crippen LogP contribution in [0.25, 0.3) is 0 Å². The van der Waals surface area contributed by atoms with E-state index in [1.54, 1.807) is 7.11 Å². The fraction of sp³-hybridized carbons (Fsp3) is 0.250. The lowest BCUT2D eigenvalue weighted by atomic mass is 10.0. The summed E-state index contributed by atoms with van der Waals surface area (Å²) in [5, 5.41) is 0. The van der Waals surface area contributed by atoms with Crippen LogP contribution in [0.5, 0.6) is 5.75 Å². The molecule has 0 saturated heterocycles. The predicted octanol–water partition coefficient (Wildman–Crippen LogP) is 3.45. The maximum Gasteiger partial charge on any atom is 0.119 e. The summed E-state index contributed by atoms with van der Waals surface area (Å²) in [5.74, 6) is 0.874. The van der Waals surface area contributed by atoms with Crippen molar-refractivity contribution in [3.8, 4) is 5.75 Å². The van der Waals surface area contributed by atoms with E-state index in [1.807, 2.05) is 24.3 Å². The number of anilines is 1. The van der Waals surface area contributed by atoms with Gasteiger partial charge in [0.1, 0.15) is 5.75 Å². The molecule has 0 heterocycles. The standard InChI is InChI=1S/C16H19NO/c1-18-15-10-11-16(17)14(12-15)9-5-8-13-6-3-2-4-7-13/h2-4,6-7,10-12H,5,8-9,17H2,1H3. The van der Waals surface area contributed by atoms with Crippen molar-refractivity contribution in [2.45, 2.75) is 19.3 Å². The SMILES string of the molecule is COc1ccc(N)c(CCCc2ccccc2)c1. The lowest BCUT2D eigenvalue weighted by molar-refractivity contribution is 0.414. The molecule has 2 aromatic rings. The summed E-state index contributed by atoms with van der Waals surface area (Å²) in [4.78, 5) is 0. The number of hydrogen-bond donors (Lipinski definition) is 1. The summed E-state index contributed by atoms with van der Waals surface area (Å²) < 4.78 is 5.22. The van der Waals surface area contributed by atoms with Crippen LogP contribution in [0, 0.1) is 0 Å². The smallest absolute Gasteiger partial charge is 0.119 e. The molecule has 0 unspecified atom stereocenters. The van der Waals surface area contributed by atoms with E-state index in [0.717, 1.165) is 30.7 Å². The van der Waals surface area contributed by atoms with Crippen molar-refractivity contribution >= 4 is 5.69 Å². The zero-order chi connectivity index (χ0) is 12.8. The fourth-order valence-electron chi connectivity index (χ4n) is 2.05. The second-order valence-corrected chi connectivity index (χ2v) is 4.40. The average molecular weight is 241 g/mol. The number of nitrogens with two attached hydrogens (primary N) is 1. The van der Waals surface area contributed by atoms with E-state index >= 15 is 0 Å². The largest absolute Gasteiger partial charge is 0.497 e. The van der Waals surface area contributed by atoms with Crippen LogP contribution in [0.1, 0.15) is 17.5 Å². The van der Waals surface area contributed by atoms with Gasteiger partial charge in [-0.05, 0) is 48.6 Å². The van der Waals surface area contributed by atoms with Gasteiger partial charge in [0, 0.05) is 5.69 Å². The Bertz CT molecular complexity index is 494. The summed E-state index contributed by atoms with van der Waals surface area (Å²) in [6, 6.07) is 16.4. The molecule has 0 spiro atoms. The Labute approximate surface area is 108 Å². The Morgan fingerprint density at radius 3 is 2.50 bits per heavy atom. The molecule has 2 rings (SSSR count). The molecule has 0 saturated carbocycles. The first-order valence-electron chi connectivity index (χ1n) is 6.26. The molecule has 0 atom stereocenters. The number of hydrogen-bond acceptors (Lipinski definition) is 2. The molecule has 2 nitrogen and oxygen atoms in total. The molecule has 2 heteroatoms. The van der Waals surface area contributed by atoms with Crippen molar-refractivity contribution in [3.63, 3.8) is 0 Å². The summed E-state index contributed by atoms with van der Waals surface area (Å²) in [7, 11) is 1.68. The van der Waals surface area contributed by atoms with Crippen LogP contribution in [0.2, 0.25) is 0 Å². The molecule has 0 aliphatic rings. The minimum atomic E-state index is 0.851. The maximum absolute atomic E-state index is 5.97. The van der Waals surface area contributed by atoms with Gasteiger partial charge in [-0.2, -0.15) is 0 Å². The van der Waals surface area contributed by atoms with Crippen molar-refractivity contribution < 1.29 is 4.74 Å². The average Bonchev–Trinajstić information content (AvgIpc) is 2.42.